The van der Waals surface area contributed by atoms with Crippen molar-refractivity contribution in [1.82, 2.24) is 0 Å². The van der Waals surface area contributed by atoms with Gasteiger partial charge in [0, 0.05) is 42.6 Å². The molecule has 0 amide bonds. The number of thiophene rings is 1. The van der Waals surface area contributed by atoms with Crippen LogP contribution in [0, 0.1) is 0 Å². The summed E-state index contributed by atoms with van der Waals surface area (Å²) in [6, 6.07) is 82.8. The zero-order chi connectivity index (χ0) is 38.9. The van der Waals surface area contributed by atoms with Gasteiger partial charge in [-0.15, -0.1) is 11.3 Å². The van der Waals surface area contributed by atoms with E-state index in [1.807, 2.05) is 11.3 Å². The molecule has 59 heavy (non-hydrogen) atoms. The van der Waals surface area contributed by atoms with Gasteiger partial charge in [0.15, 0.2) is 0 Å². The van der Waals surface area contributed by atoms with Gasteiger partial charge >= 0.3 is 0 Å². The van der Waals surface area contributed by atoms with E-state index in [-0.39, 0.29) is 0 Å². The Hall–Kier alpha value is -7.26. The topological polar surface area (TPSA) is 3.24 Å². The van der Waals surface area contributed by atoms with E-state index in [4.69, 9.17) is 0 Å². The largest absolute Gasteiger partial charge is 0.310 e. The minimum absolute atomic E-state index is 0.475. The molecule has 0 spiro atoms. The van der Waals surface area contributed by atoms with Gasteiger partial charge in [0.1, 0.15) is 0 Å². The lowest BCUT2D eigenvalue weighted by Crippen LogP contribution is -2.28. The molecule has 0 saturated carbocycles. The molecule has 1 aliphatic rings. The molecule has 2 heteroatoms. The van der Waals surface area contributed by atoms with E-state index in [9.17, 15) is 0 Å². The van der Waals surface area contributed by atoms with E-state index in [1.54, 1.807) is 0 Å². The zero-order valence-corrected chi connectivity index (χ0v) is 33.0. The van der Waals surface area contributed by atoms with E-state index in [1.165, 1.54) is 86.2 Å². The maximum Gasteiger partial charge on any atom is 0.0714 e. The first-order valence-electron chi connectivity index (χ1n) is 20.3. The molecule has 0 unspecified atom stereocenters. The Morgan fingerprint density at radius 1 is 0.339 bits per heavy atom. The van der Waals surface area contributed by atoms with E-state index >= 15 is 0 Å². The van der Waals surface area contributed by atoms with E-state index in [0.717, 1.165) is 17.1 Å². The lowest BCUT2D eigenvalue weighted by atomic mass is 9.67. The maximum atomic E-state index is 2.45. The quantitative estimate of drug-likeness (QED) is 0.152. The smallest absolute Gasteiger partial charge is 0.0714 e. The average Bonchev–Trinajstić information content (AvgIpc) is 3.84. The minimum atomic E-state index is -0.475. The Labute approximate surface area is 347 Å². The average molecular weight is 768 g/mol. The summed E-state index contributed by atoms with van der Waals surface area (Å²) in [6.45, 7) is 0. The Morgan fingerprint density at radius 3 is 1.68 bits per heavy atom. The maximum absolute atomic E-state index is 2.45. The third-order valence-corrected chi connectivity index (χ3v) is 13.8. The van der Waals surface area contributed by atoms with Gasteiger partial charge in [0.05, 0.1) is 5.41 Å². The van der Waals surface area contributed by atoms with Gasteiger partial charge in [0.25, 0.3) is 0 Å². The van der Waals surface area contributed by atoms with E-state index in [2.05, 4.69) is 229 Å². The molecule has 1 heterocycles. The number of hydrogen-bond acceptors (Lipinski definition) is 2. The van der Waals surface area contributed by atoms with Crippen LogP contribution in [-0.2, 0) is 5.41 Å². The summed E-state index contributed by atoms with van der Waals surface area (Å²) in [6.07, 6.45) is 0. The van der Waals surface area contributed by atoms with Crippen LogP contribution in [0.15, 0.2) is 224 Å². The predicted octanol–water partition coefficient (Wildman–Crippen LogP) is 15.9. The van der Waals surface area contributed by atoms with Crippen molar-refractivity contribution in [3.8, 4) is 22.3 Å². The second kappa shape index (κ2) is 13.4. The third-order valence-electron chi connectivity index (χ3n) is 12.5. The Morgan fingerprint density at radius 2 is 0.898 bits per heavy atom. The van der Waals surface area contributed by atoms with E-state index in [0.29, 0.717) is 0 Å². The number of benzene rings is 10. The van der Waals surface area contributed by atoms with Crippen molar-refractivity contribution in [3.05, 3.63) is 247 Å². The van der Waals surface area contributed by atoms with Crippen LogP contribution < -0.4 is 4.90 Å². The SMILES string of the molecule is c1ccc(N(c2ccc(-c3cccc4c3sc3c4ccc4ccc5ccccc5c43)cc2)c2ccc3c(c2)C(c2ccccc2)(c2ccccc2)c2ccccc2-3)cc1. The molecule has 0 radical (unpaired) electrons. The highest BCUT2D eigenvalue weighted by molar-refractivity contribution is 7.27. The molecule has 11 aromatic rings. The van der Waals surface area contributed by atoms with Crippen molar-refractivity contribution in [1.29, 1.82) is 0 Å². The highest BCUT2D eigenvalue weighted by Crippen LogP contribution is 2.57. The summed E-state index contributed by atoms with van der Waals surface area (Å²) in [4.78, 5) is 2.41. The predicted molar refractivity (Wildman–Crippen MR) is 252 cm³/mol. The number of nitrogens with zero attached hydrogens (tertiary/aromatic N) is 1. The highest BCUT2D eigenvalue weighted by atomic mass is 32.1. The van der Waals surface area contributed by atoms with Crippen molar-refractivity contribution in [2.75, 3.05) is 4.90 Å². The number of rotatable bonds is 6. The van der Waals surface area contributed by atoms with Gasteiger partial charge in [-0.1, -0.05) is 188 Å². The second-order valence-electron chi connectivity index (χ2n) is 15.6. The van der Waals surface area contributed by atoms with Crippen molar-refractivity contribution in [2.45, 2.75) is 5.41 Å². The first kappa shape index (κ1) is 33.8. The monoisotopic (exact) mass is 767 g/mol. The van der Waals surface area contributed by atoms with Crippen molar-refractivity contribution in [2.24, 2.45) is 0 Å². The summed E-state index contributed by atoms with van der Waals surface area (Å²) in [7, 11) is 0. The molecule has 1 nitrogen and oxygen atoms in total. The molecule has 1 aromatic heterocycles. The number of para-hydroxylation sites is 1. The normalized spacial score (nSPS) is 12.9. The van der Waals surface area contributed by atoms with Crippen LogP contribution >= 0.6 is 11.3 Å². The molecular formula is C57H37NS. The molecule has 1 aliphatic carbocycles. The van der Waals surface area contributed by atoms with Gasteiger partial charge in [-0.2, -0.15) is 0 Å². The summed E-state index contributed by atoms with van der Waals surface area (Å²) < 4.78 is 2.68. The van der Waals surface area contributed by atoms with Crippen molar-refractivity contribution < 1.29 is 0 Å². The van der Waals surface area contributed by atoms with Crippen LogP contribution in [0.4, 0.5) is 17.1 Å². The number of fused-ring (bicyclic) bond motifs is 10. The standard InChI is InChI=1S/C57H37NS/c1-4-16-41(17-5-1)57(42-18-6-2-7-19-42)52-26-13-12-23-48(52)49-36-34-45(37-53(49)57)58(43-20-8-3-9-21-43)44-32-29-39(30-33-44)47-24-14-25-50-51-35-31-40-28-27-38-15-10-11-22-46(38)54(40)56(51)59-55(47)50/h1-37H. The first-order chi connectivity index (χ1) is 29.3. The summed E-state index contributed by atoms with van der Waals surface area (Å²) >= 11 is 1.92. The summed E-state index contributed by atoms with van der Waals surface area (Å²) in [5.41, 5.74) is 13.1. The van der Waals surface area contributed by atoms with Gasteiger partial charge in [-0.3, -0.25) is 0 Å². The van der Waals surface area contributed by atoms with Gasteiger partial charge in [-0.25, -0.2) is 0 Å². The van der Waals surface area contributed by atoms with Gasteiger partial charge in [0.2, 0.25) is 0 Å². The summed E-state index contributed by atoms with van der Waals surface area (Å²) in [5.74, 6) is 0. The number of hydrogen-bond donors (Lipinski definition) is 0. The van der Waals surface area contributed by atoms with E-state index < -0.39 is 5.41 Å². The Balaban J connectivity index is 1.02. The molecule has 276 valence electrons. The molecule has 10 aromatic carbocycles. The molecule has 0 atom stereocenters. The van der Waals surface area contributed by atoms with Crippen LogP contribution in [0.3, 0.4) is 0 Å². The second-order valence-corrected chi connectivity index (χ2v) is 16.6. The van der Waals surface area contributed by atoms with Crippen molar-refractivity contribution in [3.63, 3.8) is 0 Å². The Bertz CT molecular complexity index is 3330. The van der Waals surface area contributed by atoms with Crippen LogP contribution in [0.2, 0.25) is 0 Å². The summed E-state index contributed by atoms with van der Waals surface area (Å²) in [5, 5.41) is 7.87. The van der Waals surface area contributed by atoms with Crippen LogP contribution in [0.25, 0.3) is 64.0 Å². The molecular weight excluding hydrogens is 731 g/mol. The minimum Gasteiger partial charge on any atom is -0.310 e. The lowest BCUT2D eigenvalue weighted by Gasteiger charge is -2.35. The Kier molecular flexibility index (Phi) is 7.69. The van der Waals surface area contributed by atoms with Gasteiger partial charge in [-0.05, 0) is 97.1 Å². The molecule has 12 rings (SSSR count). The lowest BCUT2D eigenvalue weighted by molar-refractivity contribution is 0.768. The molecule has 0 aliphatic heterocycles. The van der Waals surface area contributed by atoms with Crippen molar-refractivity contribution >= 4 is 70.1 Å². The molecule has 0 saturated heterocycles. The van der Waals surface area contributed by atoms with Crippen LogP contribution in [0.1, 0.15) is 22.3 Å². The first-order valence-corrected chi connectivity index (χ1v) is 21.2. The number of anilines is 3. The molecule has 0 N–H and O–H groups in total. The van der Waals surface area contributed by atoms with Crippen LogP contribution in [0.5, 0.6) is 0 Å². The third kappa shape index (κ3) is 5.10. The van der Waals surface area contributed by atoms with Crippen LogP contribution in [-0.4, -0.2) is 0 Å². The fourth-order valence-electron chi connectivity index (χ4n) is 9.96. The fraction of sp³-hybridized carbons (Fsp3) is 0.0175. The molecule has 0 bridgehead atoms. The fourth-order valence-corrected chi connectivity index (χ4v) is 11.4. The molecule has 0 fully saturated rings. The zero-order valence-electron chi connectivity index (χ0n) is 32.2. The highest BCUT2D eigenvalue weighted by Gasteiger charge is 2.46. The van der Waals surface area contributed by atoms with Gasteiger partial charge < -0.3 is 4.90 Å².